The van der Waals surface area contributed by atoms with Gasteiger partial charge in [0.1, 0.15) is 5.75 Å². The zero-order valence-electron chi connectivity index (χ0n) is 7.71. The number of hydrogen-bond donors (Lipinski definition) is 0. The first kappa shape index (κ1) is 17.1. The minimum atomic E-state index is -4.61. The number of benzene rings is 1. The van der Waals surface area contributed by atoms with Crippen molar-refractivity contribution in [1.29, 1.82) is 0 Å². The van der Waals surface area contributed by atoms with Crippen molar-refractivity contribution in [3.63, 3.8) is 0 Å². The van der Waals surface area contributed by atoms with Gasteiger partial charge in [-0.15, -0.1) is 13.2 Å². The highest BCUT2D eigenvalue weighted by Gasteiger charge is 2.31. The van der Waals surface area contributed by atoms with Crippen molar-refractivity contribution in [3.05, 3.63) is 27.8 Å². The summed E-state index contributed by atoms with van der Waals surface area (Å²) in [6.07, 6.45) is -4.61. The highest BCUT2D eigenvalue weighted by atomic mass is 127. The largest absolute Gasteiger partial charge is 0.573 e. The van der Waals surface area contributed by atoms with E-state index in [0.717, 1.165) is 0 Å². The van der Waals surface area contributed by atoms with Gasteiger partial charge in [-0.3, -0.25) is 0 Å². The van der Waals surface area contributed by atoms with E-state index in [-0.39, 0.29) is 5.75 Å². The molecule has 0 saturated heterocycles. The van der Waals surface area contributed by atoms with Crippen molar-refractivity contribution in [2.24, 2.45) is 0 Å². The molecule has 3 nitrogen and oxygen atoms in total. The first-order valence-electron chi connectivity index (χ1n) is 3.63. The molecule has 0 amide bonds. The van der Waals surface area contributed by atoms with Gasteiger partial charge in [-0.25, -0.2) is 0 Å². The van der Waals surface area contributed by atoms with Gasteiger partial charge < -0.3 is 4.74 Å². The van der Waals surface area contributed by atoms with Gasteiger partial charge in [0, 0.05) is 21.4 Å². The lowest BCUT2D eigenvalue weighted by molar-refractivity contribution is -0.274. The predicted molar refractivity (Wildman–Crippen MR) is 66.5 cm³/mol. The molecule has 0 saturated carbocycles. The summed E-state index contributed by atoms with van der Waals surface area (Å²) in [6, 6.07) is 5.95. The topological polar surface area (TPSA) is 43.4 Å². The van der Waals surface area contributed by atoms with E-state index in [4.69, 9.17) is 8.42 Å². The van der Waals surface area contributed by atoms with E-state index in [9.17, 15) is 13.2 Å². The summed E-state index contributed by atoms with van der Waals surface area (Å²) in [5.74, 6) is -0.161. The van der Waals surface area contributed by atoms with Crippen LogP contribution in [0.3, 0.4) is 0 Å². The third-order valence-corrected chi connectivity index (χ3v) is 1.95. The van der Waals surface area contributed by atoms with Gasteiger partial charge >= 0.3 is 14.6 Å². The van der Waals surface area contributed by atoms with Crippen molar-refractivity contribution >= 4 is 52.2 Å². The molecule has 0 atom stereocenters. The van der Waals surface area contributed by atoms with E-state index in [1.165, 1.54) is 12.1 Å². The van der Waals surface area contributed by atoms with Gasteiger partial charge in [0.15, 0.2) is 0 Å². The molecule has 0 aliphatic carbocycles. The summed E-state index contributed by atoms with van der Waals surface area (Å²) in [5.41, 5.74) is 0. The Morgan fingerprint density at radius 2 is 1.59 bits per heavy atom. The Labute approximate surface area is 118 Å². The maximum Gasteiger partial charge on any atom is 0.573 e. The van der Waals surface area contributed by atoms with Crippen LogP contribution in [0.25, 0.3) is 0 Å². The lowest BCUT2D eigenvalue weighted by atomic mass is 10.3. The summed E-state index contributed by atoms with van der Waals surface area (Å²) in [4.78, 5) is 0. The van der Waals surface area contributed by atoms with Gasteiger partial charge in [0.25, 0.3) is 0 Å². The molecule has 0 aliphatic rings. The third-order valence-electron chi connectivity index (χ3n) is 1.06. The molecule has 0 fully saturated rings. The molecule has 0 N–H and O–H groups in total. The Kier molecular flexibility index (Phi) is 6.89. The normalized spacial score (nSPS) is 11.4. The molecule has 0 heterocycles. The van der Waals surface area contributed by atoms with Gasteiger partial charge in [-0.1, -0.05) is 12.1 Å². The van der Waals surface area contributed by atoms with Crippen LogP contribution < -0.4 is 4.74 Å². The molecule has 0 radical (unpaired) electrons. The Morgan fingerprint density at radius 1 is 1.18 bits per heavy atom. The zero-order chi connectivity index (χ0) is 13.7. The van der Waals surface area contributed by atoms with Crippen LogP contribution in [0.15, 0.2) is 24.3 Å². The fraction of sp³-hybridized carbons (Fsp3) is 0.143. The molecular formula is C7H4Cl2F3IO3S. The highest BCUT2D eigenvalue weighted by molar-refractivity contribution is 14.1. The smallest absolute Gasteiger partial charge is 0.405 e. The maximum atomic E-state index is 11.7. The van der Waals surface area contributed by atoms with Gasteiger partial charge in [0.2, 0.25) is 0 Å². The van der Waals surface area contributed by atoms with Gasteiger partial charge in [-0.2, -0.15) is 8.42 Å². The molecule has 1 rings (SSSR count). The molecular weight excluding hydrogens is 419 g/mol. The molecule has 0 aliphatic heterocycles. The number of hydrogen-bond acceptors (Lipinski definition) is 3. The van der Waals surface area contributed by atoms with Crippen LogP contribution >= 0.6 is 44.0 Å². The maximum absolute atomic E-state index is 11.7. The molecule has 17 heavy (non-hydrogen) atoms. The highest BCUT2D eigenvalue weighted by Crippen LogP contribution is 2.26. The molecule has 0 bridgehead atoms. The van der Waals surface area contributed by atoms with E-state index in [1.807, 2.05) is 0 Å². The second-order valence-corrected chi connectivity index (χ2v) is 7.19. The van der Waals surface area contributed by atoms with E-state index in [1.54, 1.807) is 34.7 Å². The summed E-state index contributed by atoms with van der Waals surface area (Å²) >= 11 is 1.78. The van der Waals surface area contributed by atoms with Crippen LogP contribution in [0.4, 0.5) is 13.2 Å². The van der Waals surface area contributed by atoms with E-state index in [0.29, 0.717) is 3.57 Å². The number of rotatable bonds is 1. The quantitative estimate of drug-likeness (QED) is 0.509. The van der Waals surface area contributed by atoms with Crippen molar-refractivity contribution < 1.29 is 26.3 Å². The van der Waals surface area contributed by atoms with Crippen LogP contribution in [0.5, 0.6) is 5.75 Å². The molecule has 0 aromatic heterocycles. The molecule has 0 spiro atoms. The molecule has 0 unspecified atom stereocenters. The van der Waals surface area contributed by atoms with Crippen molar-refractivity contribution in [3.8, 4) is 5.75 Å². The molecule has 1 aromatic carbocycles. The minimum Gasteiger partial charge on any atom is -0.405 e. The first-order valence-corrected chi connectivity index (χ1v) is 7.85. The number of alkyl halides is 3. The van der Waals surface area contributed by atoms with Crippen LogP contribution in [-0.2, 0) is 8.26 Å². The monoisotopic (exact) mass is 422 g/mol. The average Bonchev–Trinajstić information content (AvgIpc) is 2.03. The lowest BCUT2D eigenvalue weighted by Gasteiger charge is -2.09. The molecule has 10 heteroatoms. The zero-order valence-corrected chi connectivity index (χ0v) is 12.2. The number of para-hydroxylation sites is 1. The third kappa shape index (κ3) is 12.3. The second kappa shape index (κ2) is 6.86. The van der Waals surface area contributed by atoms with Gasteiger partial charge in [0.05, 0.1) is 3.57 Å². The fourth-order valence-corrected chi connectivity index (χ4v) is 1.15. The van der Waals surface area contributed by atoms with Crippen LogP contribution in [0.2, 0.25) is 0 Å². The number of ether oxygens (including phenoxy) is 1. The van der Waals surface area contributed by atoms with Crippen LogP contribution in [0, 0.1) is 3.57 Å². The van der Waals surface area contributed by atoms with E-state index >= 15 is 0 Å². The molecule has 98 valence electrons. The Morgan fingerprint density at radius 3 is 1.94 bits per heavy atom. The Hall–Kier alpha value is 0.0700. The van der Waals surface area contributed by atoms with E-state index in [2.05, 4.69) is 26.1 Å². The van der Waals surface area contributed by atoms with Gasteiger partial charge in [-0.05, 0) is 34.7 Å². The summed E-state index contributed by atoms with van der Waals surface area (Å²) in [7, 11) is 4.81. The lowest BCUT2D eigenvalue weighted by Crippen LogP contribution is -2.17. The van der Waals surface area contributed by atoms with Crippen molar-refractivity contribution in [2.75, 3.05) is 0 Å². The Bertz CT molecular complexity index is 456. The molecule has 1 aromatic rings. The fourth-order valence-electron chi connectivity index (χ4n) is 0.652. The summed E-state index contributed by atoms with van der Waals surface area (Å²) < 4.78 is 57.6. The first-order chi connectivity index (χ1) is 7.49. The second-order valence-electron chi connectivity index (χ2n) is 2.36. The Balaban J connectivity index is 0.000000437. The van der Waals surface area contributed by atoms with Crippen LogP contribution in [0.1, 0.15) is 0 Å². The number of halogens is 6. The predicted octanol–water partition coefficient (Wildman–Crippen LogP) is 3.90. The van der Waals surface area contributed by atoms with E-state index < -0.39 is 14.6 Å². The van der Waals surface area contributed by atoms with Crippen LogP contribution in [-0.4, -0.2) is 14.8 Å². The summed E-state index contributed by atoms with van der Waals surface area (Å²) in [6.45, 7) is 0. The summed E-state index contributed by atoms with van der Waals surface area (Å²) in [5, 5.41) is 0. The SMILES string of the molecule is FC(F)(F)Oc1ccccc1I.O=S(=O)(Cl)Cl. The average molecular weight is 423 g/mol. The standard InChI is InChI=1S/C7H4F3IO.Cl2O2S/c8-7(9,10)12-6-4-2-1-3-5(6)11;1-5(2,3)4/h1-4H;. The van der Waals surface area contributed by atoms with Crippen molar-refractivity contribution in [2.45, 2.75) is 6.36 Å². The van der Waals surface area contributed by atoms with Crippen molar-refractivity contribution in [1.82, 2.24) is 0 Å². The minimum absolute atomic E-state index is 0.161.